The van der Waals surface area contributed by atoms with Crippen LogP contribution >= 0.6 is 23.2 Å². The highest BCUT2D eigenvalue weighted by Crippen LogP contribution is 2.08. The van der Waals surface area contributed by atoms with Crippen molar-refractivity contribution in [1.29, 1.82) is 0 Å². The Bertz CT molecular complexity index is 258. The summed E-state index contributed by atoms with van der Waals surface area (Å²) < 4.78 is 9.86. The van der Waals surface area contributed by atoms with E-state index in [1.54, 1.807) is 20.8 Å². The highest BCUT2D eigenvalue weighted by Gasteiger charge is 2.20. The SMILES string of the molecule is CCC(Cl)C(=O)OCC(C)OC(=O)C(Cl)CC. The topological polar surface area (TPSA) is 52.6 Å². The molecule has 0 aromatic heterocycles. The van der Waals surface area contributed by atoms with Gasteiger partial charge in [0.05, 0.1) is 0 Å². The Balaban J connectivity index is 3.91. The first kappa shape index (κ1) is 16.5. The first-order valence-corrected chi connectivity index (χ1v) is 6.44. The van der Waals surface area contributed by atoms with Gasteiger partial charge in [-0.25, -0.2) is 0 Å². The van der Waals surface area contributed by atoms with Gasteiger partial charge in [-0.15, -0.1) is 23.2 Å². The minimum Gasteiger partial charge on any atom is -0.461 e. The maximum atomic E-state index is 11.3. The molecule has 3 unspecified atom stereocenters. The van der Waals surface area contributed by atoms with E-state index < -0.39 is 28.8 Å². The summed E-state index contributed by atoms with van der Waals surface area (Å²) in [5, 5.41) is -1.32. The van der Waals surface area contributed by atoms with E-state index >= 15 is 0 Å². The van der Waals surface area contributed by atoms with Gasteiger partial charge in [0.2, 0.25) is 0 Å². The van der Waals surface area contributed by atoms with E-state index in [9.17, 15) is 9.59 Å². The van der Waals surface area contributed by atoms with Crippen LogP contribution in [0.25, 0.3) is 0 Å². The number of alkyl halides is 2. The Morgan fingerprint density at radius 2 is 1.53 bits per heavy atom. The molecule has 0 fully saturated rings. The number of esters is 2. The second kappa shape index (κ2) is 8.59. The fourth-order valence-electron chi connectivity index (χ4n) is 0.929. The van der Waals surface area contributed by atoms with Crippen LogP contribution in [0.3, 0.4) is 0 Å². The summed E-state index contributed by atoms with van der Waals surface area (Å²) in [6.45, 7) is 5.17. The molecular formula is C11H18Cl2O4. The predicted octanol–water partition coefficient (Wildman–Crippen LogP) is 2.50. The third kappa shape index (κ3) is 6.74. The lowest BCUT2D eigenvalue weighted by Gasteiger charge is -2.16. The molecule has 0 bridgehead atoms. The summed E-state index contributed by atoms with van der Waals surface area (Å²) in [4.78, 5) is 22.5. The van der Waals surface area contributed by atoms with E-state index in [1.165, 1.54) is 0 Å². The number of halogens is 2. The third-order valence-electron chi connectivity index (χ3n) is 2.01. The first-order valence-electron chi connectivity index (χ1n) is 5.57. The van der Waals surface area contributed by atoms with E-state index in [2.05, 4.69) is 0 Å². The van der Waals surface area contributed by atoms with E-state index in [1.807, 2.05) is 0 Å². The van der Waals surface area contributed by atoms with Gasteiger partial charge in [0.15, 0.2) is 0 Å². The fourth-order valence-corrected chi connectivity index (χ4v) is 1.04. The Kier molecular flexibility index (Phi) is 8.35. The molecular weight excluding hydrogens is 267 g/mol. The third-order valence-corrected chi connectivity index (χ3v) is 2.98. The molecule has 0 saturated heterocycles. The molecule has 0 N–H and O–H groups in total. The minimum absolute atomic E-state index is 0.0128. The van der Waals surface area contributed by atoms with Crippen molar-refractivity contribution in [1.82, 2.24) is 0 Å². The number of ether oxygens (including phenoxy) is 2. The zero-order valence-electron chi connectivity index (χ0n) is 10.2. The average molecular weight is 285 g/mol. The van der Waals surface area contributed by atoms with E-state index in [-0.39, 0.29) is 6.61 Å². The van der Waals surface area contributed by atoms with Crippen LogP contribution in [0, 0.1) is 0 Å². The molecule has 0 aliphatic carbocycles. The molecule has 0 rings (SSSR count). The Hall–Kier alpha value is -0.480. The van der Waals surface area contributed by atoms with Crippen molar-refractivity contribution in [2.24, 2.45) is 0 Å². The first-order chi connectivity index (χ1) is 7.92. The maximum Gasteiger partial charge on any atom is 0.324 e. The highest BCUT2D eigenvalue weighted by molar-refractivity contribution is 6.30. The number of carbonyl (C=O) groups excluding carboxylic acids is 2. The van der Waals surface area contributed by atoms with Crippen molar-refractivity contribution in [2.75, 3.05) is 6.61 Å². The molecule has 6 heteroatoms. The van der Waals surface area contributed by atoms with E-state index in [4.69, 9.17) is 32.7 Å². The van der Waals surface area contributed by atoms with Crippen LogP contribution in [0.4, 0.5) is 0 Å². The van der Waals surface area contributed by atoms with E-state index in [0.717, 1.165) is 0 Å². The van der Waals surface area contributed by atoms with Gasteiger partial charge in [-0.1, -0.05) is 13.8 Å². The molecule has 17 heavy (non-hydrogen) atoms. The van der Waals surface area contributed by atoms with Crippen molar-refractivity contribution in [3.63, 3.8) is 0 Å². The summed E-state index contributed by atoms with van der Waals surface area (Å²) in [6.07, 6.45) is 0.459. The Labute approximate surface area is 112 Å². The predicted molar refractivity (Wildman–Crippen MR) is 66.4 cm³/mol. The van der Waals surface area contributed by atoms with Crippen LogP contribution in [-0.2, 0) is 19.1 Å². The summed E-state index contributed by atoms with van der Waals surface area (Å²) >= 11 is 11.4. The molecule has 3 atom stereocenters. The van der Waals surface area contributed by atoms with Crippen molar-refractivity contribution < 1.29 is 19.1 Å². The lowest BCUT2D eigenvalue weighted by molar-refractivity contribution is -0.157. The van der Waals surface area contributed by atoms with Crippen LogP contribution in [0.1, 0.15) is 33.6 Å². The van der Waals surface area contributed by atoms with Crippen molar-refractivity contribution in [3.8, 4) is 0 Å². The summed E-state index contributed by atoms with van der Waals surface area (Å²) in [6, 6.07) is 0. The average Bonchev–Trinajstić information content (AvgIpc) is 2.33. The summed E-state index contributed by atoms with van der Waals surface area (Å²) in [5.41, 5.74) is 0. The van der Waals surface area contributed by atoms with Gasteiger partial charge in [0.1, 0.15) is 23.5 Å². The number of hydrogen-bond donors (Lipinski definition) is 0. The quantitative estimate of drug-likeness (QED) is 0.532. The summed E-state index contributed by atoms with van der Waals surface area (Å²) in [7, 11) is 0. The van der Waals surface area contributed by atoms with Gasteiger partial charge in [0, 0.05) is 0 Å². The van der Waals surface area contributed by atoms with Crippen molar-refractivity contribution >= 4 is 35.1 Å². The molecule has 0 spiro atoms. The molecule has 0 aliphatic heterocycles. The van der Waals surface area contributed by atoms with Gasteiger partial charge >= 0.3 is 11.9 Å². The molecule has 0 aromatic carbocycles. The van der Waals surface area contributed by atoms with Gasteiger partial charge < -0.3 is 9.47 Å². The zero-order chi connectivity index (χ0) is 13.4. The summed E-state index contributed by atoms with van der Waals surface area (Å²) in [5.74, 6) is -1.01. The minimum atomic E-state index is -0.662. The van der Waals surface area contributed by atoms with Crippen LogP contribution in [0.5, 0.6) is 0 Å². The molecule has 0 aliphatic rings. The molecule has 0 aromatic rings. The molecule has 0 heterocycles. The van der Waals surface area contributed by atoms with Gasteiger partial charge in [-0.3, -0.25) is 9.59 Å². The molecule has 0 amide bonds. The van der Waals surface area contributed by atoms with Gasteiger partial charge in [0.25, 0.3) is 0 Å². The number of carbonyl (C=O) groups is 2. The van der Waals surface area contributed by atoms with Gasteiger partial charge in [-0.2, -0.15) is 0 Å². The Morgan fingerprint density at radius 3 is 2.00 bits per heavy atom. The zero-order valence-corrected chi connectivity index (χ0v) is 11.8. The molecule has 0 saturated carbocycles. The lowest BCUT2D eigenvalue weighted by Crippen LogP contribution is -2.28. The molecule has 0 radical (unpaired) electrons. The number of hydrogen-bond acceptors (Lipinski definition) is 4. The van der Waals surface area contributed by atoms with Crippen molar-refractivity contribution in [3.05, 3.63) is 0 Å². The Morgan fingerprint density at radius 1 is 1.06 bits per heavy atom. The monoisotopic (exact) mass is 284 g/mol. The lowest BCUT2D eigenvalue weighted by atomic mass is 10.3. The second-order valence-electron chi connectivity index (χ2n) is 3.63. The van der Waals surface area contributed by atoms with Gasteiger partial charge in [-0.05, 0) is 19.8 Å². The normalized spacial score (nSPS) is 15.8. The fraction of sp³-hybridized carbons (Fsp3) is 0.818. The molecule has 4 nitrogen and oxygen atoms in total. The second-order valence-corrected chi connectivity index (χ2v) is 4.68. The van der Waals surface area contributed by atoms with E-state index in [0.29, 0.717) is 12.8 Å². The van der Waals surface area contributed by atoms with Crippen LogP contribution in [0.2, 0.25) is 0 Å². The van der Waals surface area contributed by atoms with Crippen LogP contribution < -0.4 is 0 Å². The highest BCUT2D eigenvalue weighted by atomic mass is 35.5. The smallest absolute Gasteiger partial charge is 0.324 e. The molecule has 100 valence electrons. The maximum absolute atomic E-state index is 11.3. The van der Waals surface area contributed by atoms with Crippen LogP contribution in [-0.4, -0.2) is 35.4 Å². The largest absolute Gasteiger partial charge is 0.461 e. The standard InChI is InChI=1S/C11H18Cl2O4/c1-4-8(12)10(14)16-6-7(3)17-11(15)9(13)5-2/h7-9H,4-6H2,1-3H3. The van der Waals surface area contributed by atoms with Crippen LogP contribution in [0.15, 0.2) is 0 Å². The number of rotatable bonds is 7. The van der Waals surface area contributed by atoms with Crippen molar-refractivity contribution in [2.45, 2.75) is 50.5 Å².